The van der Waals surface area contributed by atoms with E-state index in [0.717, 1.165) is 0 Å². The van der Waals surface area contributed by atoms with Crippen molar-refractivity contribution in [3.63, 3.8) is 0 Å². The molecule has 0 radical (unpaired) electrons. The maximum atomic E-state index is 14.5. The Balaban J connectivity index is 0.00000263. The van der Waals surface area contributed by atoms with Gasteiger partial charge in [0.2, 0.25) is 65.0 Å². The molecule has 3 rings (SSSR count). The van der Waals surface area contributed by atoms with Crippen molar-refractivity contribution >= 4 is 82.7 Å². The molecule has 1 aromatic rings. The lowest BCUT2D eigenvalue weighted by molar-refractivity contribution is -0.192. The van der Waals surface area contributed by atoms with Crippen LogP contribution in [0, 0.1) is 11.8 Å². The van der Waals surface area contributed by atoms with E-state index in [-0.39, 0.29) is 62.5 Å². The van der Waals surface area contributed by atoms with Crippen LogP contribution in [-0.2, 0) is 64.0 Å². The summed E-state index contributed by atoms with van der Waals surface area (Å²) >= 11 is 1.18. The molecule has 0 spiro atoms. The molecule has 2 heterocycles. The number of nitrogens with one attached hydrogen (secondary N) is 7. The normalized spacial score (nSPS) is 22.1. The molecule has 25 nitrogen and oxygen atoms in total. The first-order valence-corrected chi connectivity index (χ1v) is 25.5. The lowest BCUT2D eigenvalue weighted by atomic mass is 9.96. The zero-order valence-electron chi connectivity index (χ0n) is 42.9. The van der Waals surface area contributed by atoms with E-state index in [1.807, 2.05) is 13.8 Å². The molecule has 2 saturated heterocycles. The van der Waals surface area contributed by atoms with E-state index in [0.29, 0.717) is 24.2 Å². The highest BCUT2D eigenvalue weighted by molar-refractivity contribution is 7.99. The standard InChI is InChI=1S/C45H69N11O12S.C2HF3O2/c1-6-25(4)38-44(66)51-28(15-16-34(46)57)40(62)52-31(21-35(47)58)41(63)54-32(23-69-18-8-10-37(60)50-30(42(64)55-38)20-26-11-13-27(68-5)14-12-26)45(67)56-17-7-9-33(56)43(65)53-29(19-24(2)3)39(61)49-22-36(48)59;3-2(4,5)1(6)7/h11-14,24-25,28-33,38H,6-10,15-23H2,1-5H3,(H2,46,57)(H2,47,58)(H2,48,59)(H,49,61)(H,50,60)(H,51,66)(H,52,62)(H,53,65)(H,54,63)(H,55,64);(H,6,7)/t25-,28-,29-,30?,31?,32?,33-,38-;/m0./s1. The number of rotatable bonds is 18. The Bertz CT molecular complexity index is 2240. The van der Waals surface area contributed by atoms with E-state index in [2.05, 4.69) is 37.2 Å². The molecule has 11 amide bonds. The van der Waals surface area contributed by atoms with Gasteiger partial charge in [-0.25, -0.2) is 4.79 Å². The lowest BCUT2D eigenvalue weighted by Gasteiger charge is -2.31. The number of primary amides is 3. The van der Waals surface area contributed by atoms with Gasteiger partial charge in [0.25, 0.3) is 0 Å². The van der Waals surface area contributed by atoms with Crippen molar-refractivity contribution in [1.29, 1.82) is 0 Å². The van der Waals surface area contributed by atoms with Crippen molar-refractivity contribution in [2.75, 3.05) is 31.7 Å². The summed E-state index contributed by atoms with van der Waals surface area (Å²) in [6.07, 6.45) is -5.26. The van der Waals surface area contributed by atoms with E-state index >= 15 is 0 Å². The Kier molecular flexibility index (Phi) is 27.0. The summed E-state index contributed by atoms with van der Waals surface area (Å²) in [7, 11) is 1.50. The van der Waals surface area contributed by atoms with Crippen molar-refractivity contribution < 1.29 is 80.5 Å². The maximum absolute atomic E-state index is 14.5. The number of carboxylic acids is 1. The fourth-order valence-electron chi connectivity index (χ4n) is 7.68. The molecule has 8 atom stereocenters. The number of nitrogens with zero attached hydrogens (tertiary/aromatic N) is 1. The second-order valence-corrected chi connectivity index (χ2v) is 19.6. The summed E-state index contributed by atoms with van der Waals surface area (Å²) in [5.41, 5.74) is 16.8. The van der Waals surface area contributed by atoms with Gasteiger partial charge >= 0.3 is 12.1 Å². The number of halogens is 3. The summed E-state index contributed by atoms with van der Waals surface area (Å²) in [5, 5.41) is 25.3. The highest BCUT2D eigenvalue weighted by Crippen LogP contribution is 2.22. The van der Waals surface area contributed by atoms with E-state index in [9.17, 15) is 65.9 Å². The van der Waals surface area contributed by atoms with Gasteiger partial charge in [0.05, 0.1) is 20.1 Å². The predicted molar refractivity (Wildman–Crippen MR) is 267 cm³/mol. The quantitative estimate of drug-likeness (QED) is 0.0768. The molecule has 0 aliphatic carbocycles. The molecule has 0 saturated carbocycles. The third kappa shape index (κ3) is 22.7. The highest BCUT2D eigenvalue weighted by atomic mass is 32.2. The number of ether oxygens (including phenoxy) is 1. The number of carbonyl (C=O) groups excluding carboxylic acids is 11. The van der Waals surface area contributed by atoms with Gasteiger partial charge in [0, 0.05) is 31.6 Å². The first-order valence-electron chi connectivity index (χ1n) is 24.3. The van der Waals surface area contributed by atoms with Crippen molar-refractivity contribution in [2.24, 2.45) is 29.0 Å². The molecular formula is C47H70F3N11O14S. The van der Waals surface area contributed by atoms with Crippen LogP contribution in [0.3, 0.4) is 0 Å². The molecular weight excluding hydrogens is 1030 g/mol. The smallest absolute Gasteiger partial charge is 0.490 e. The van der Waals surface area contributed by atoms with E-state index in [4.69, 9.17) is 31.8 Å². The molecule has 2 aliphatic heterocycles. The number of hydrogen-bond donors (Lipinski definition) is 11. The van der Waals surface area contributed by atoms with Crippen LogP contribution in [0.2, 0.25) is 0 Å². The Labute approximate surface area is 440 Å². The minimum absolute atomic E-state index is 0.0237. The number of carbonyl (C=O) groups is 12. The maximum Gasteiger partial charge on any atom is 0.490 e. The molecule has 14 N–H and O–H groups in total. The average molecular weight is 1100 g/mol. The third-order valence-corrected chi connectivity index (χ3v) is 13.0. The predicted octanol–water partition coefficient (Wildman–Crippen LogP) is -1.87. The molecule has 76 heavy (non-hydrogen) atoms. The van der Waals surface area contributed by atoms with Gasteiger partial charge in [-0.05, 0) is 67.4 Å². The largest absolute Gasteiger partial charge is 0.497 e. The summed E-state index contributed by atoms with van der Waals surface area (Å²) in [6, 6.07) is -2.40. The van der Waals surface area contributed by atoms with Crippen LogP contribution in [0.5, 0.6) is 5.75 Å². The lowest BCUT2D eigenvalue weighted by Crippen LogP contribution is -2.61. The third-order valence-electron chi connectivity index (χ3n) is 11.8. The molecule has 2 aliphatic rings. The Morgan fingerprint density at radius 2 is 1.43 bits per heavy atom. The number of alkyl halides is 3. The van der Waals surface area contributed by atoms with E-state index in [1.54, 1.807) is 38.1 Å². The van der Waals surface area contributed by atoms with E-state index in [1.165, 1.54) is 23.8 Å². The zero-order valence-corrected chi connectivity index (χ0v) is 43.7. The van der Waals surface area contributed by atoms with Crippen molar-refractivity contribution in [3.8, 4) is 5.75 Å². The molecule has 424 valence electrons. The summed E-state index contributed by atoms with van der Waals surface area (Å²) in [6.45, 7) is 6.75. The van der Waals surface area contributed by atoms with Gasteiger partial charge in [0.15, 0.2) is 0 Å². The number of methoxy groups -OCH3 is 1. The first kappa shape index (κ1) is 64.9. The van der Waals surface area contributed by atoms with Crippen LogP contribution in [0.15, 0.2) is 24.3 Å². The van der Waals surface area contributed by atoms with Gasteiger partial charge in [-0.1, -0.05) is 46.2 Å². The van der Waals surface area contributed by atoms with Gasteiger partial charge in [-0.2, -0.15) is 24.9 Å². The number of benzene rings is 1. The van der Waals surface area contributed by atoms with Crippen LogP contribution < -0.4 is 59.2 Å². The fourth-order valence-corrected chi connectivity index (χ4v) is 8.66. The van der Waals surface area contributed by atoms with Crippen molar-refractivity contribution in [2.45, 2.75) is 140 Å². The first-order chi connectivity index (χ1) is 35.6. The van der Waals surface area contributed by atoms with Gasteiger partial charge in [-0.15, -0.1) is 0 Å². The minimum atomic E-state index is -5.08. The second kappa shape index (κ2) is 31.6. The summed E-state index contributed by atoms with van der Waals surface area (Å²) in [5.74, 6) is -11.4. The molecule has 0 bridgehead atoms. The number of nitrogens with two attached hydrogens (primary N) is 3. The monoisotopic (exact) mass is 1100 g/mol. The highest BCUT2D eigenvalue weighted by Gasteiger charge is 2.41. The van der Waals surface area contributed by atoms with Crippen LogP contribution >= 0.6 is 11.8 Å². The summed E-state index contributed by atoms with van der Waals surface area (Å²) in [4.78, 5) is 157. The Hall–Kier alpha value is -7.20. The molecule has 0 aromatic heterocycles. The topological polar surface area (TPSA) is 400 Å². The fraction of sp³-hybridized carbons (Fsp3) is 0.617. The number of thioether (sulfide) groups is 1. The Morgan fingerprint density at radius 1 is 0.829 bits per heavy atom. The zero-order chi connectivity index (χ0) is 57.4. The Morgan fingerprint density at radius 3 is 1.99 bits per heavy atom. The number of amides is 11. The van der Waals surface area contributed by atoms with Crippen molar-refractivity contribution in [1.82, 2.24) is 42.1 Å². The molecule has 2 fully saturated rings. The van der Waals surface area contributed by atoms with Crippen LogP contribution in [0.1, 0.15) is 91.0 Å². The number of aliphatic carboxylic acids is 1. The average Bonchev–Trinajstić information content (AvgIpc) is 3.84. The minimum Gasteiger partial charge on any atom is -0.497 e. The number of likely N-dealkylation sites (tertiary alicyclic amines) is 1. The van der Waals surface area contributed by atoms with Gasteiger partial charge in [0.1, 0.15) is 48.0 Å². The molecule has 1 aromatic carbocycles. The van der Waals surface area contributed by atoms with Gasteiger partial charge < -0.3 is 69.2 Å². The van der Waals surface area contributed by atoms with Gasteiger partial charge in [-0.3, -0.25) is 52.7 Å². The number of hydrogen-bond acceptors (Lipinski definition) is 14. The second-order valence-electron chi connectivity index (χ2n) is 18.4. The molecule has 29 heteroatoms. The summed E-state index contributed by atoms with van der Waals surface area (Å²) < 4.78 is 37.0. The number of carboxylic acid groups (broad SMARTS) is 1. The van der Waals surface area contributed by atoms with Crippen LogP contribution in [-0.4, -0.2) is 161 Å². The van der Waals surface area contributed by atoms with Crippen molar-refractivity contribution in [3.05, 3.63) is 29.8 Å². The van der Waals surface area contributed by atoms with Crippen LogP contribution in [0.4, 0.5) is 13.2 Å². The molecule has 3 unspecified atom stereocenters. The SMILES string of the molecule is CC[C@H](C)[C@@H]1NC(=O)C(Cc2ccc(OC)cc2)NC(=O)CCCSCC(C(=O)N2CCC[C@H]2C(=O)N[C@@H](CC(C)C)C(=O)NCC(N)=O)NC(=O)C(CC(N)=O)NC(=O)[C@H](CCC(N)=O)NC1=O.O=C(O)C(F)(F)F. The van der Waals surface area contributed by atoms with E-state index < -0.39 is 145 Å². The van der Waals surface area contributed by atoms with Crippen LogP contribution in [0.25, 0.3) is 0 Å².